The molecule has 6 heteroatoms. The third-order valence-corrected chi connectivity index (χ3v) is 5.04. The number of pyridine rings is 1. The molecule has 0 radical (unpaired) electrons. The second kappa shape index (κ2) is 6.93. The summed E-state index contributed by atoms with van der Waals surface area (Å²) in [4.78, 5) is 22.4. The summed E-state index contributed by atoms with van der Waals surface area (Å²) in [6, 6.07) is 15.2. The highest BCUT2D eigenvalue weighted by atomic mass is 32.1. The normalized spacial score (nSPS) is 10.7. The van der Waals surface area contributed by atoms with E-state index < -0.39 is 0 Å². The van der Waals surface area contributed by atoms with Gasteiger partial charge < -0.3 is 9.73 Å². The summed E-state index contributed by atoms with van der Waals surface area (Å²) in [5.74, 6) is 0.572. The van der Waals surface area contributed by atoms with Gasteiger partial charge in [-0.2, -0.15) is 0 Å². The fourth-order valence-corrected chi connectivity index (χ4v) is 3.54. The third kappa shape index (κ3) is 3.27. The summed E-state index contributed by atoms with van der Waals surface area (Å²) in [6.07, 6.45) is 4.82. The van der Waals surface area contributed by atoms with Gasteiger partial charge in [-0.05, 0) is 55.0 Å². The number of thiophene rings is 1. The van der Waals surface area contributed by atoms with Gasteiger partial charge in [0.25, 0.3) is 5.91 Å². The zero-order chi connectivity index (χ0) is 17.9. The monoisotopic (exact) mass is 361 g/mol. The number of aryl methyl sites for hydroxylation is 1. The van der Waals surface area contributed by atoms with Crippen LogP contribution in [-0.2, 0) is 0 Å². The second-order valence-electron chi connectivity index (χ2n) is 5.73. The summed E-state index contributed by atoms with van der Waals surface area (Å²) in [5.41, 5.74) is 3.56. The highest BCUT2D eigenvalue weighted by Crippen LogP contribution is 2.28. The van der Waals surface area contributed by atoms with Crippen molar-refractivity contribution in [3.05, 3.63) is 77.8 Å². The lowest BCUT2D eigenvalue weighted by molar-refractivity contribution is 0.103. The van der Waals surface area contributed by atoms with Crippen molar-refractivity contribution in [1.29, 1.82) is 0 Å². The molecule has 0 fully saturated rings. The Morgan fingerprint density at radius 1 is 1.15 bits per heavy atom. The average molecular weight is 361 g/mol. The number of amides is 1. The van der Waals surface area contributed by atoms with Crippen molar-refractivity contribution < 1.29 is 9.21 Å². The molecule has 128 valence electrons. The van der Waals surface area contributed by atoms with Gasteiger partial charge in [0.1, 0.15) is 0 Å². The van der Waals surface area contributed by atoms with E-state index in [1.807, 2.05) is 55.5 Å². The maximum Gasteiger partial charge on any atom is 0.265 e. The van der Waals surface area contributed by atoms with Crippen LogP contribution in [0.3, 0.4) is 0 Å². The van der Waals surface area contributed by atoms with E-state index in [0.29, 0.717) is 10.6 Å². The Hall–Kier alpha value is -3.25. The Bertz CT molecular complexity index is 1040. The molecule has 3 heterocycles. The maximum absolute atomic E-state index is 12.5. The first-order valence-electron chi connectivity index (χ1n) is 8.03. The molecular weight excluding hydrogens is 346 g/mol. The summed E-state index contributed by atoms with van der Waals surface area (Å²) in [5, 5.41) is 2.94. The summed E-state index contributed by atoms with van der Waals surface area (Å²) in [7, 11) is 0. The van der Waals surface area contributed by atoms with Gasteiger partial charge in [0.2, 0.25) is 0 Å². The number of oxazole rings is 1. The van der Waals surface area contributed by atoms with Crippen molar-refractivity contribution in [2.24, 2.45) is 0 Å². The predicted molar refractivity (Wildman–Crippen MR) is 102 cm³/mol. The molecule has 0 aliphatic rings. The van der Waals surface area contributed by atoms with E-state index in [2.05, 4.69) is 15.3 Å². The smallest absolute Gasteiger partial charge is 0.265 e. The summed E-state index contributed by atoms with van der Waals surface area (Å²) in [6.45, 7) is 1.97. The molecule has 1 N–H and O–H groups in total. The van der Waals surface area contributed by atoms with Crippen molar-refractivity contribution in [3.8, 4) is 21.9 Å². The maximum atomic E-state index is 12.5. The first kappa shape index (κ1) is 16.2. The summed E-state index contributed by atoms with van der Waals surface area (Å²) < 4.78 is 5.33. The number of nitrogens with zero attached hydrogens (tertiary/aromatic N) is 2. The molecule has 0 aliphatic carbocycles. The van der Waals surface area contributed by atoms with Gasteiger partial charge in [0, 0.05) is 17.4 Å². The van der Waals surface area contributed by atoms with Crippen molar-refractivity contribution in [2.75, 3.05) is 5.32 Å². The van der Waals surface area contributed by atoms with Crippen LogP contribution in [-0.4, -0.2) is 15.9 Å². The average Bonchev–Trinajstić information content (AvgIpc) is 3.35. The number of aromatic nitrogens is 2. The molecule has 0 unspecified atom stereocenters. The van der Waals surface area contributed by atoms with Crippen LogP contribution in [0.1, 0.15) is 15.2 Å². The van der Waals surface area contributed by atoms with Crippen LogP contribution in [0.15, 0.2) is 71.7 Å². The largest absolute Gasteiger partial charge is 0.444 e. The molecule has 5 nitrogen and oxygen atoms in total. The standard InChI is InChI=1S/C20H15N3O2S/c1-13-10-14(5-6-15(13)17-11-21-12-25-17)23-20(24)19-8-7-18(26-19)16-4-2-3-9-22-16/h2-12H,1H3,(H,23,24). The summed E-state index contributed by atoms with van der Waals surface area (Å²) >= 11 is 1.42. The third-order valence-electron chi connectivity index (χ3n) is 3.93. The van der Waals surface area contributed by atoms with Gasteiger partial charge >= 0.3 is 0 Å². The Labute approximate surface area is 154 Å². The molecule has 0 saturated carbocycles. The molecule has 1 aromatic carbocycles. The number of benzene rings is 1. The van der Waals surface area contributed by atoms with Gasteiger partial charge in [-0.15, -0.1) is 11.3 Å². The van der Waals surface area contributed by atoms with Crippen LogP contribution in [0.4, 0.5) is 5.69 Å². The highest BCUT2D eigenvalue weighted by molar-refractivity contribution is 7.17. The van der Waals surface area contributed by atoms with Crippen molar-refractivity contribution in [3.63, 3.8) is 0 Å². The van der Waals surface area contributed by atoms with Crippen molar-refractivity contribution >= 4 is 22.9 Å². The molecule has 0 saturated heterocycles. The topological polar surface area (TPSA) is 68.0 Å². The SMILES string of the molecule is Cc1cc(NC(=O)c2ccc(-c3ccccn3)s2)ccc1-c1cnco1. The van der Waals surface area contributed by atoms with Crippen LogP contribution in [0, 0.1) is 6.92 Å². The molecule has 4 aromatic rings. The lowest BCUT2D eigenvalue weighted by Crippen LogP contribution is -2.10. The van der Waals surface area contributed by atoms with Gasteiger partial charge in [-0.3, -0.25) is 9.78 Å². The van der Waals surface area contributed by atoms with E-state index in [4.69, 9.17) is 4.42 Å². The minimum atomic E-state index is -0.135. The van der Waals surface area contributed by atoms with E-state index in [1.165, 1.54) is 17.7 Å². The lowest BCUT2D eigenvalue weighted by Gasteiger charge is -2.07. The predicted octanol–water partition coefficient (Wildman–Crippen LogP) is 5.03. The first-order valence-corrected chi connectivity index (χ1v) is 8.84. The number of carbonyl (C=O) groups is 1. The van der Waals surface area contributed by atoms with E-state index in [0.717, 1.165) is 27.4 Å². The molecule has 26 heavy (non-hydrogen) atoms. The zero-order valence-electron chi connectivity index (χ0n) is 14.0. The van der Waals surface area contributed by atoms with E-state index in [9.17, 15) is 4.79 Å². The molecular formula is C20H15N3O2S. The van der Waals surface area contributed by atoms with Gasteiger partial charge in [-0.1, -0.05) is 6.07 Å². The van der Waals surface area contributed by atoms with E-state index in [-0.39, 0.29) is 5.91 Å². The molecule has 0 spiro atoms. The number of rotatable bonds is 4. The van der Waals surface area contributed by atoms with Crippen molar-refractivity contribution in [2.45, 2.75) is 6.92 Å². The Balaban J connectivity index is 1.52. The second-order valence-corrected chi connectivity index (χ2v) is 6.81. The zero-order valence-corrected chi connectivity index (χ0v) is 14.8. The Morgan fingerprint density at radius 2 is 2.08 bits per heavy atom. The van der Waals surface area contributed by atoms with Gasteiger partial charge in [-0.25, -0.2) is 4.98 Å². The van der Waals surface area contributed by atoms with Crippen LogP contribution in [0.2, 0.25) is 0 Å². The molecule has 1 amide bonds. The number of hydrogen-bond donors (Lipinski definition) is 1. The van der Waals surface area contributed by atoms with Crippen molar-refractivity contribution in [1.82, 2.24) is 9.97 Å². The Kier molecular flexibility index (Phi) is 4.33. The van der Waals surface area contributed by atoms with Gasteiger partial charge in [0.05, 0.1) is 21.6 Å². The molecule has 0 aliphatic heterocycles. The number of hydrogen-bond acceptors (Lipinski definition) is 5. The fourth-order valence-electron chi connectivity index (χ4n) is 2.67. The lowest BCUT2D eigenvalue weighted by atomic mass is 10.1. The minimum Gasteiger partial charge on any atom is -0.444 e. The van der Waals surface area contributed by atoms with E-state index >= 15 is 0 Å². The van der Waals surface area contributed by atoms with E-state index in [1.54, 1.807) is 12.4 Å². The van der Waals surface area contributed by atoms with Crippen LogP contribution < -0.4 is 5.32 Å². The molecule has 3 aromatic heterocycles. The fraction of sp³-hybridized carbons (Fsp3) is 0.0500. The number of nitrogens with one attached hydrogen (secondary N) is 1. The quantitative estimate of drug-likeness (QED) is 0.554. The minimum absolute atomic E-state index is 0.135. The van der Waals surface area contributed by atoms with Crippen LogP contribution in [0.5, 0.6) is 0 Å². The number of anilines is 1. The highest BCUT2D eigenvalue weighted by Gasteiger charge is 2.12. The van der Waals surface area contributed by atoms with Crippen LogP contribution >= 0.6 is 11.3 Å². The van der Waals surface area contributed by atoms with Crippen LogP contribution in [0.25, 0.3) is 21.9 Å². The first-order chi connectivity index (χ1) is 12.7. The van der Waals surface area contributed by atoms with Gasteiger partial charge in [0.15, 0.2) is 12.2 Å². The Morgan fingerprint density at radius 3 is 2.81 bits per heavy atom. The molecule has 0 atom stereocenters. The molecule has 0 bridgehead atoms. The molecule has 4 rings (SSSR count). The number of carbonyl (C=O) groups excluding carboxylic acids is 1.